The second-order valence-corrected chi connectivity index (χ2v) is 9.41. The van der Waals surface area contributed by atoms with Crippen molar-refractivity contribution in [1.29, 1.82) is 0 Å². The summed E-state index contributed by atoms with van der Waals surface area (Å²) >= 11 is 0. The molecule has 2 atom stereocenters. The van der Waals surface area contributed by atoms with Gasteiger partial charge in [-0.25, -0.2) is 9.97 Å². The van der Waals surface area contributed by atoms with Crippen LogP contribution in [0.1, 0.15) is 60.9 Å². The summed E-state index contributed by atoms with van der Waals surface area (Å²) in [5.74, 6) is 1.44. The van der Waals surface area contributed by atoms with Crippen molar-refractivity contribution < 1.29 is 5.11 Å². The molecule has 8 nitrogen and oxygen atoms in total. The number of H-pyrrole nitrogens is 1. The maximum atomic E-state index is 11.0. The van der Waals surface area contributed by atoms with Crippen LogP contribution in [0.15, 0.2) is 48.5 Å². The maximum absolute atomic E-state index is 11.0. The molecule has 0 aliphatic carbocycles. The molecule has 2 aromatic heterocycles. The number of rotatable bonds is 8. The van der Waals surface area contributed by atoms with Crippen molar-refractivity contribution in [3.05, 3.63) is 71.2 Å². The van der Waals surface area contributed by atoms with Gasteiger partial charge in [0.1, 0.15) is 11.8 Å². The average molecular weight is 470 g/mol. The van der Waals surface area contributed by atoms with Gasteiger partial charge in [-0.3, -0.25) is 0 Å². The minimum Gasteiger partial charge on any atom is -0.387 e. The highest BCUT2D eigenvalue weighted by molar-refractivity contribution is 5.79. The monoisotopic (exact) mass is 469 g/mol. The normalized spacial score (nSPS) is 17.1. The first kappa shape index (κ1) is 23.1. The fourth-order valence-corrected chi connectivity index (χ4v) is 4.57. The Morgan fingerprint density at radius 1 is 0.857 bits per heavy atom. The third-order valence-corrected chi connectivity index (χ3v) is 6.58. The van der Waals surface area contributed by atoms with E-state index in [2.05, 4.69) is 88.3 Å². The number of aromatic amines is 1. The largest absolute Gasteiger partial charge is 0.387 e. The Balaban J connectivity index is 1.36. The third-order valence-electron chi connectivity index (χ3n) is 6.58. The molecule has 0 amide bonds. The van der Waals surface area contributed by atoms with Gasteiger partial charge in [0, 0.05) is 23.6 Å². The van der Waals surface area contributed by atoms with Gasteiger partial charge in [0.25, 0.3) is 0 Å². The lowest BCUT2D eigenvalue weighted by molar-refractivity contribution is 0.148. The molecule has 8 heteroatoms. The Kier molecular flexibility index (Phi) is 6.81. The summed E-state index contributed by atoms with van der Waals surface area (Å²) in [4.78, 5) is 10.00. The average Bonchev–Trinajstić information content (AvgIpc) is 3.38. The van der Waals surface area contributed by atoms with Gasteiger partial charge in [0.05, 0.1) is 11.4 Å². The minimum absolute atomic E-state index is 0.160. The van der Waals surface area contributed by atoms with Crippen LogP contribution in [0.3, 0.4) is 0 Å². The van der Waals surface area contributed by atoms with E-state index in [0.29, 0.717) is 17.9 Å². The standard InChI is InChI=1S/C27H31N7O/c1-17-8-12-19(13-9-17)24-25(20-14-10-18(2)11-15-20)30-27-26(29-24)22(35)16-21(28-27)6-4-3-5-7-23-31-33-34-32-23/h8-15,21-22,35H,3-7,16H2,1-2H3,(H,28,30)(H,31,32,33,34). The predicted octanol–water partition coefficient (Wildman–Crippen LogP) is 4.96. The van der Waals surface area contributed by atoms with Crippen molar-refractivity contribution in [3.63, 3.8) is 0 Å². The number of nitrogens with zero attached hydrogens (tertiary/aromatic N) is 5. The van der Waals surface area contributed by atoms with Gasteiger partial charge in [-0.2, -0.15) is 5.21 Å². The van der Waals surface area contributed by atoms with E-state index in [9.17, 15) is 5.11 Å². The summed E-state index contributed by atoms with van der Waals surface area (Å²) in [5, 5.41) is 28.7. The zero-order chi connectivity index (χ0) is 24.2. The first-order chi connectivity index (χ1) is 17.1. The molecule has 3 heterocycles. The Labute approximate surface area is 205 Å². The summed E-state index contributed by atoms with van der Waals surface area (Å²) in [6.45, 7) is 4.15. The van der Waals surface area contributed by atoms with Crippen LogP contribution in [-0.2, 0) is 6.42 Å². The van der Waals surface area contributed by atoms with E-state index in [4.69, 9.17) is 9.97 Å². The molecule has 4 aromatic rings. The van der Waals surface area contributed by atoms with Crippen LogP contribution in [0.2, 0.25) is 0 Å². The topological polar surface area (TPSA) is 113 Å². The number of nitrogens with one attached hydrogen (secondary N) is 2. The first-order valence-electron chi connectivity index (χ1n) is 12.3. The number of aryl methyl sites for hydroxylation is 3. The zero-order valence-electron chi connectivity index (χ0n) is 20.2. The Morgan fingerprint density at radius 3 is 2.14 bits per heavy atom. The van der Waals surface area contributed by atoms with E-state index in [0.717, 1.165) is 60.4 Å². The predicted molar refractivity (Wildman–Crippen MR) is 136 cm³/mol. The molecule has 0 radical (unpaired) electrons. The van der Waals surface area contributed by atoms with Crippen molar-refractivity contribution in [2.75, 3.05) is 5.32 Å². The molecule has 35 heavy (non-hydrogen) atoms. The number of aliphatic hydroxyl groups excluding tert-OH is 1. The van der Waals surface area contributed by atoms with Crippen molar-refractivity contribution in [1.82, 2.24) is 30.6 Å². The van der Waals surface area contributed by atoms with Crippen LogP contribution in [0.5, 0.6) is 0 Å². The molecule has 2 aromatic carbocycles. The molecule has 2 unspecified atom stereocenters. The Morgan fingerprint density at radius 2 is 1.51 bits per heavy atom. The fourth-order valence-electron chi connectivity index (χ4n) is 4.57. The van der Waals surface area contributed by atoms with Crippen molar-refractivity contribution in [3.8, 4) is 22.5 Å². The Bertz CT molecular complexity index is 1250. The van der Waals surface area contributed by atoms with Crippen molar-refractivity contribution >= 4 is 5.82 Å². The number of aromatic nitrogens is 6. The summed E-state index contributed by atoms with van der Waals surface area (Å²) < 4.78 is 0. The summed E-state index contributed by atoms with van der Waals surface area (Å²) in [6, 6.07) is 16.8. The molecule has 0 saturated carbocycles. The number of benzene rings is 2. The summed E-state index contributed by atoms with van der Waals surface area (Å²) in [7, 11) is 0. The van der Waals surface area contributed by atoms with Gasteiger partial charge in [-0.1, -0.05) is 77.7 Å². The third kappa shape index (κ3) is 5.38. The second kappa shape index (κ2) is 10.3. The lowest BCUT2D eigenvalue weighted by Gasteiger charge is -2.30. The number of aliphatic hydroxyl groups is 1. The van der Waals surface area contributed by atoms with Crippen molar-refractivity contribution in [2.45, 2.75) is 64.5 Å². The maximum Gasteiger partial charge on any atom is 0.174 e. The van der Waals surface area contributed by atoms with E-state index in [1.807, 2.05) is 0 Å². The van der Waals surface area contributed by atoms with Gasteiger partial charge in [0.2, 0.25) is 0 Å². The molecule has 1 aliphatic rings. The first-order valence-corrected chi connectivity index (χ1v) is 12.3. The zero-order valence-corrected chi connectivity index (χ0v) is 20.2. The number of unbranched alkanes of at least 4 members (excludes halogenated alkanes) is 2. The quantitative estimate of drug-likeness (QED) is 0.313. The van der Waals surface area contributed by atoms with Gasteiger partial charge < -0.3 is 10.4 Å². The van der Waals surface area contributed by atoms with Gasteiger partial charge >= 0.3 is 0 Å². The van der Waals surface area contributed by atoms with E-state index in [1.165, 1.54) is 11.1 Å². The Hall–Kier alpha value is -3.65. The number of anilines is 1. The molecular weight excluding hydrogens is 438 g/mol. The van der Waals surface area contributed by atoms with Crippen LogP contribution >= 0.6 is 0 Å². The summed E-state index contributed by atoms with van der Waals surface area (Å²) in [5.41, 5.74) is 6.66. The molecule has 180 valence electrons. The van der Waals surface area contributed by atoms with E-state index < -0.39 is 6.10 Å². The highest BCUT2D eigenvalue weighted by atomic mass is 16.3. The SMILES string of the molecule is Cc1ccc(-c2nc3c(nc2-c2ccc(C)cc2)C(O)CC(CCCCCc2nn[nH]n2)N3)cc1. The van der Waals surface area contributed by atoms with Gasteiger partial charge in [-0.05, 0) is 33.1 Å². The van der Waals surface area contributed by atoms with Crippen molar-refractivity contribution in [2.24, 2.45) is 0 Å². The van der Waals surface area contributed by atoms with Crippen LogP contribution in [-0.4, -0.2) is 41.7 Å². The second-order valence-electron chi connectivity index (χ2n) is 9.41. The highest BCUT2D eigenvalue weighted by Gasteiger charge is 2.29. The van der Waals surface area contributed by atoms with Crippen LogP contribution < -0.4 is 5.32 Å². The number of hydrogen-bond donors (Lipinski definition) is 3. The van der Waals surface area contributed by atoms with E-state index >= 15 is 0 Å². The number of hydrogen-bond acceptors (Lipinski definition) is 7. The molecule has 0 saturated heterocycles. The van der Waals surface area contributed by atoms with Crippen LogP contribution in [0.25, 0.3) is 22.5 Å². The molecule has 0 bridgehead atoms. The lowest BCUT2D eigenvalue weighted by atomic mass is 9.95. The fraction of sp³-hybridized carbons (Fsp3) is 0.370. The molecule has 0 spiro atoms. The van der Waals surface area contributed by atoms with Crippen LogP contribution in [0.4, 0.5) is 5.82 Å². The lowest BCUT2D eigenvalue weighted by Crippen LogP contribution is -2.30. The molecular formula is C27H31N7O. The summed E-state index contributed by atoms with van der Waals surface area (Å²) in [6.07, 6.45) is 4.92. The molecule has 0 fully saturated rings. The molecule has 5 rings (SSSR count). The van der Waals surface area contributed by atoms with Gasteiger partial charge in [-0.15, -0.1) is 10.2 Å². The molecule has 3 N–H and O–H groups in total. The number of tetrazole rings is 1. The minimum atomic E-state index is -0.639. The highest BCUT2D eigenvalue weighted by Crippen LogP contribution is 2.37. The van der Waals surface area contributed by atoms with E-state index in [1.54, 1.807) is 0 Å². The smallest absolute Gasteiger partial charge is 0.174 e. The van der Waals surface area contributed by atoms with E-state index in [-0.39, 0.29) is 6.04 Å². The number of fused-ring (bicyclic) bond motifs is 1. The van der Waals surface area contributed by atoms with Crippen LogP contribution in [0, 0.1) is 13.8 Å². The molecule has 1 aliphatic heterocycles. The van der Waals surface area contributed by atoms with Gasteiger partial charge in [0.15, 0.2) is 11.6 Å².